The number of aromatic nitrogens is 2. The van der Waals surface area contributed by atoms with Gasteiger partial charge in [0.2, 0.25) is 0 Å². The maximum absolute atomic E-state index is 13.7. The molecule has 0 aliphatic rings. The topological polar surface area (TPSA) is 44.1 Å². The van der Waals surface area contributed by atoms with Crippen molar-refractivity contribution in [3.63, 3.8) is 0 Å². The number of nitrogens with zero attached hydrogens (tertiary/aromatic N) is 2. The van der Waals surface area contributed by atoms with Gasteiger partial charge in [-0.2, -0.15) is 5.10 Å². The van der Waals surface area contributed by atoms with Crippen LogP contribution in [0.2, 0.25) is 0 Å². The van der Waals surface area contributed by atoms with Crippen LogP contribution < -0.4 is 0 Å². The first-order chi connectivity index (χ1) is 11.1. The number of esters is 1. The summed E-state index contributed by atoms with van der Waals surface area (Å²) in [6.07, 6.45) is 1.79. The monoisotopic (exact) mass is 309 g/mol. The molecule has 2 aromatic carbocycles. The number of rotatable bonds is 3. The van der Waals surface area contributed by atoms with Gasteiger partial charge in [-0.3, -0.25) is 0 Å². The fourth-order valence-electron chi connectivity index (χ4n) is 2.30. The largest absolute Gasteiger partial charge is 0.465 e. The molecule has 1 heterocycles. The van der Waals surface area contributed by atoms with E-state index in [0.717, 1.165) is 11.3 Å². The number of hydrogen-bond acceptors (Lipinski definition) is 3. The number of hydrogen-bond donors (Lipinski definition) is 0. The van der Waals surface area contributed by atoms with Crippen molar-refractivity contribution in [1.82, 2.24) is 9.78 Å². The van der Waals surface area contributed by atoms with Gasteiger partial charge in [0.05, 0.1) is 24.1 Å². The molecule has 3 rings (SSSR count). The van der Waals surface area contributed by atoms with E-state index < -0.39 is 11.8 Å². The van der Waals surface area contributed by atoms with Gasteiger partial charge in [-0.05, 0) is 42.8 Å². The fourth-order valence-corrected chi connectivity index (χ4v) is 2.30. The van der Waals surface area contributed by atoms with Gasteiger partial charge in [0.25, 0.3) is 0 Å². The van der Waals surface area contributed by atoms with E-state index in [0.29, 0.717) is 11.3 Å². The smallest absolute Gasteiger partial charge is 0.340 e. The average molecular weight is 309 g/mol. The molecule has 1 radical (unpaired) electrons. The molecule has 0 spiro atoms. The highest BCUT2D eigenvalue weighted by Crippen LogP contribution is 2.22. The second-order valence-electron chi connectivity index (χ2n) is 4.96. The van der Waals surface area contributed by atoms with Crippen LogP contribution in [0.3, 0.4) is 0 Å². The van der Waals surface area contributed by atoms with Crippen LogP contribution in [-0.2, 0) is 4.74 Å². The number of benzene rings is 2. The summed E-state index contributed by atoms with van der Waals surface area (Å²) in [4.78, 5) is 11.6. The zero-order chi connectivity index (χ0) is 16.4. The van der Waals surface area contributed by atoms with Gasteiger partial charge >= 0.3 is 5.97 Å². The van der Waals surface area contributed by atoms with Gasteiger partial charge in [0, 0.05) is 11.8 Å². The molecule has 0 fully saturated rings. The molecule has 0 unspecified atom stereocenters. The molecule has 0 atom stereocenters. The van der Waals surface area contributed by atoms with Gasteiger partial charge < -0.3 is 4.74 Å². The minimum atomic E-state index is -0.716. The van der Waals surface area contributed by atoms with Crippen LogP contribution in [0, 0.1) is 12.7 Å². The van der Waals surface area contributed by atoms with E-state index in [1.807, 2.05) is 24.3 Å². The maximum atomic E-state index is 13.7. The van der Waals surface area contributed by atoms with E-state index in [4.69, 9.17) is 0 Å². The molecule has 4 nitrogen and oxygen atoms in total. The molecular weight excluding hydrogens is 295 g/mol. The molecule has 0 aliphatic carbocycles. The Hall–Kier alpha value is -2.95. The Morgan fingerprint density at radius 3 is 2.74 bits per heavy atom. The van der Waals surface area contributed by atoms with Crippen molar-refractivity contribution >= 4 is 5.97 Å². The summed E-state index contributed by atoms with van der Waals surface area (Å²) in [6.45, 7) is 3.97. The molecule has 0 saturated heterocycles. The number of halogens is 1. The van der Waals surface area contributed by atoms with E-state index in [9.17, 15) is 9.18 Å². The Balaban J connectivity index is 2.01. The van der Waals surface area contributed by atoms with E-state index in [1.54, 1.807) is 23.0 Å². The quantitative estimate of drug-likeness (QED) is 0.694. The number of carbonyl (C=O) groups excluding carboxylic acids is 1. The summed E-state index contributed by atoms with van der Waals surface area (Å²) in [6, 6.07) is 13.6. The summed E-state index contributed by atoms with van der Waals surface area (Å²) in [7, 11) is 1.22. The van der Waals surface area contributed by atoms with Crippen molar-refractivity contribution in [2.24, 2.45) is 0 Å². The molecule has 0 saturated carbocycles. The Bertz CT molecular complexity index is 871. The maximum Gasteiger partial charge on any atom is 0.340 e. The van der Waals surface area contributed by atoms with Crippen molar-refractivity contribution in [3.8, 4) is 16.9 Å². The lowest BCUT2D eigenvalue weighted by molar-refractivity contribution is 0.0595. The van der Waals surface area contributed by atoms with Crippen molar-refractivity contribution < 1.29 is 13.9 Å². The third-order valence-electron chi connectivity index (χ3n) is 3.49. The molecule has 0 N–H and O–H groups in total. The molecule has 0 bridgehead atoms. The Morgan fingerprint density at radius 1 is 1.22 bits per heavy atom. The lowest BCUT2D eigenvalue weighted by atomic mass is 10.1. The standard InChI is InChI=1S/C18H14FN2O2/c1-12-5-3-4-6-17(12)21-10-9-16(20-21)13-7-8-15(19)14(11-13)18(22)23-2/h3-11H,1H2,2H3. The van der Waals surface area contributed by atoms with Crippen molar-refractivity contribution in [3.05, 3.63) is 78.6 Å². The molecule has 23 heavy (non-hydrogen) atoms. The molecule has 0 amide bonds. The second kappa shape index (κ2) is 6.04. The summed E-state index contributed by atoms with van der Waals surface area (Å²) in [5, 5.41) is 4.47. The minimum Gasteiger partial charge on any atom is -0.465 e. The first-order valence-corrected chi connectivity index (χ1v) is 6.95. The lowest BCUT2D eigenvalue weighted by Gasteiger charge is -2.05. The third-order valence-corrected chi connectivity index (χ3v) is 3.49. The van der Waals surface area contributed by atoms with E-state index >= 15 is 0 Å². The van der Waals surface area contributed by atoms with Crippen molar-refractivity contribution in [1.29, 1.82) is 0 Å². The minimum absolute atomic E-state index is 0.114. The SMILES string of the molecule is [CH2]c1ccccc1-n1ccc(-c2ccc(F)c(C(=O)OC)c2)n1. The predicted molar refractivity (Wildman–Crippen MR) is 84.8 cm³/mol. The van der Waals surface area contributed by atoms with Crippen molar-refractivity contribution in [2.45, 2.75) is 0 Å². The van der Waals surface area contributed by atoms with E-state index in [-0.39, 0.29) is 5.56 Å². The van der Waals surface area contributed by atoms with Gasteiger partial charge in [-0.15, -0.1) is 0 Å². The zero-order valence-corrected chi connectivity index (χ0v) is 12.5. The van der Waals surface area contributed by atoms with Crippen LogP contribution >= 0.6 is 0 Å². The molecule has 1 aromatic heterocycles. The lowest BCUT2D eigenvalue weighted by Crippen LogP contribution is -2.04. The molecule has 3 aromatic rings. The van der Waals surface area contributed by atoms with Crippen LogP contribution in [0.1, 0.15) is 15.9 Å². The summed E-state index contributed by atoms with van der Waals surface area (Å²) >= 11 is 0. The van der Waals surface area contributed by atoms with Gasteiger partial charge in [-0.25, -0.2) is 13.9 Å². The average Bonchev–Trinajstić information content (AvgIpc) is 3.05. The van der Waals surface area contributed by atoms with E-state index in [2.05, 4.69) is 16.8 Å². The normalized spacial score (nSPS) is 10.6. The second-order valence-corrected chi connectivity index (χ2v) is 4.96. The predicted octanol–water partition coefficient (Wildman–Crippen LogP) is 3.65. The third kappa shape index (κ3) is 2.85. The zero-order valence-electron chi connectivity index (χ0n) is 12.5. The summed E-state index contributed by atoms with van der Waals surface area (Å²) in [5.74, 6) is -1.34. The Labute approximate surface area is 133 Å². The van der Waals surface area contributed by atoms with Gasteiger partial charge in [0.15, 0.2) is 0 Å². The van der Waals surface area contributed by atoms with Crippen LogP contribution in [0.15, 0.2) is 54.7 Å². The molecular formula is C18H14FN2O2. The van der Waals surface area contributed by atoms with Crippen LogP contribution in [-0.4, -0.2) is 22.9 Å². The highest BCUT2D eigenvalue weighted by atomic mass is 19.1. The first kappa shape index (κ1) is 15.0. The highest BCUT2D eigenvalue weighted by molar-refractivity contribution is 5.91. The van der Waals surface area contributed by atoms with E-state index in [1.165, 1.54) is 19.2 Å². The number of para-hydroxylation sites is 1. The van der Waals surface area contributed by atoms with Crippen molar-refractivity contribution in [2.75, 3.05) is 7.11 Å². The number of carbonyl (C=O) groups is 1. The summed E-state index contributed by atoms with van der Waals surface area (Å²) < 4.78 is 20.0. The fraction of sp³-hybridized carbons (Fsp3) is 0.0556. The van der Waals surface area contributed by atoms with Crippen LogP contribution in [0.5, 0.6) is 0 Å². The molecule has 0 aliphatic heterocycles. The number of ether oxygens (including phenoxy) is 1. The Kier molecular flexibility index (Phi) is 3.93. The van der Waals surface area contributed by atoms with Crippen LogP contribution in [0.25, 0.3) is 16.9 Å². The highest BCUT2D eigenvalue weighted by Gasteiger charge is 2.14. The van der Waals surface area contributed by atoms with Gasteiger partial charge in [0.1, 0.15) is 5.82 Å². The number of methoxy groups -OCH3 is 1. The Morgan fingerprint density at radius 2 is 2.00 bits per heavy atom. The summed E-state index contributed by atoms with van der Waals surface area (Å²) in [5.41, 5.74) is 2.84. The molecule has 115 valence electrons. The van der Waals surface area contributed by atoms with Crippen LogP contribution in [0.4, 0.5) is 4.39 Å². The first-order valence-electron chi connectivity index (χ1n) is 6.95. The molecule has 5 heteroatoms. The van der Waals surface area contributed by atoms with Gasteiger partial charge in [-0.1, -0.05) is 18.2 Å².